The average molecular weight is 273 g/mol. The van der Waals surface area contributed by atoms with E-state index in [0.717, 1.165) is 7.11 Å². The summed E-state index contributed by atoms with van der Waals surface area (Å²) in [5.74, 6) is -3.23. The van der Waals surface area contributed by atoms with Gasteiger partial charge in [-0.15, -0.1) is 0 Å². The molecule has 1 aromatic carbocycles. The van der Waals surface area contributed by atoms with Gasteiger partial charge in [0.1, 0.15) is 0 Å². The first-order valence-electron chi connectivity index (χ1n) is 5.86. The molecule has 0 aromatic heterocycles. The molecule has 0 heterocycles. The van der Waals surface area contributed by atoms with Gasteiger partial charge in [-0.05, 0) is 18.6 Å². The number of methoxy groups -OCH3 is 2. The lowest BCUT2D eigenvalue weighted by Crippen LogP contribution is -2.25. The van der Waals surface area contributed by atoms with Gasteiger partial charge >= 0.3 is 5.97 Å². The number of anilines is 1. The zero-order chi connectivity index (χ0) is 14.4. The number of hydrogen-bond acceptors (Lipinski definition) is 4. The Balaban J connectivity index is 2.99. The van der Waals surface area contributed by atoms with Crippen molar-refractivity contribution >= 4 is 11.7 Å². The van der Waals surface area contributed by atoms with Gasteiger partial charge < -0.3 is 14.8 Å². The van der Waals surface area contributed by atoms with E-state index in [1.165, 1.54) is 19.2 Å². The molecule has 0 aliphatic carbocycles. The van der Waals surface area contributed by atoms with Crippen LogP contribution < -0.4 is 5.32 Å². The van der Waals surface area contributed by atoms with E-state index in [9.17, 15) is 13.6 Å². The normalized spacial score (nSPS) is 12.1. The maximum atomic E-state index is 13.8. The summed E-state index contributed by atoms with van der Waals surface area (Å²) in [5.41, 5.74) is -0.431. The van der Waals surface area contributed by atoms with Crippen LogP contribution in [-0.2, 0) is 9.47 Å². The summed E-state index contributed by atoms with van der Waals surface area (Å²) in [7, 11) is 2.64. The summed E-state index contributed by atoms with van der Waals surface area (Å²) in [6.07, 6.45) is 0.688. The number of carbonyl (C=O) groups excluding carboxylic acids is 1. The van der Waals surface area contributed by atoms with Gasteiger partial charge in [0.05, 0.1) is 25.0 Å². The quantitative estimate of drug-likeness (QED) is 0.809. The highest BCUT2D eigenvalue weighted by Crippen LogP contribution is 2.22. The molecule has 106 valence electrons. The van der Waals surface area contributed by atoms with Crippen molar-refractivity contribution in [1.29, 1.82) is 0 Å². The van der Waals surface area contributed by atoms with Crippen LogP contribution >= 0.6 is 0 Å². The molecule has 1 N–H and O–H groups in total. The van der Waals surface area contributed by atoms with E-state index in [2.05, 4.69) is 10.1 Å². The first-order chi connectivity index (χ1) is 9.04. The molecule has 19 heavy (non-hydrogen) atoms. The van der Waals surface area contributed by atoms with Crippen molar-refractivity contribution in [1.82, 2.24) is 0 Å². The Labute approximate surface area is 110 Å². The topological polar surface area (TPSA) is 47.6 Å². The number of ether oxygens (including phenoxy) is 2. The second kappa shape index (κ2) is 7.04. The summed E-state index contributed by atoms with van der Waals surface area (Å²) in [4.78, 5) is 11.2. The Morgan fingerprint density at radius 1 is 1.32 bits per heavy atom. The lowest BCUT2D eigenvalue weighted by atomic mass is 10.1. The lowest BCUT2D eigenvalue weighted by Gasteiger charge is -2.18. The number of halogens is 2. The number of benzene rings is 1. The van der Waals surface area contributed by atoms with Crippen LogP contribution in [0.25, 0.3) is 0 Å². The van der Waals surface area contributed by atoms with Gasteiger partial charge in [-0.2, -0.15) is 0 Å². The van der Waals surface area contributed by atoms with Crippen molar-refractivity contribution in [2.24, 2.45) is 0 Å². The monoisotopic (exact) mass is 273 g/mol. The third-order valence-electron chi connectivity index (χ3n) is 2.71. The van der Waals surface area contributed by atoms with E-state index in [0.29, 0.717) is 13.0 Å². The van der Waals surface area contributed by atoms with E-state index < -0.39 is 23.2 Å². The van der Waals surface area contributed by atoms with Gasteiger partial charge in [0.2, 0.25) is 0 Å². The number of carbonyl (C=O) groups is 1. The standard InChI is InChI=1S/C13H17F2NO3/c1-4-8(7-18-2)16-10-6-5-9(13(17)19-3)11(14)12(10)15/h5-6,8,16H,4,7H2,1-3H3. The van der Waals surface area contributed by atoms with E-state index >= 15 is 0 Å². The van der Waals surface area contributed by atoms with Crippen LogP contribution in [0.2, 0.25) is 0 Å². The molecule has 0 radical (unpaired) electrons. The zero-order valence-electron chi connectivity index (χ0n) is 11.1. The van der Waals surface area contributed by atoms with Crippen molar-refractivity contribution in [2.75, 3.05) is 26.1 Å². The molecule has 0 saturated heterocycles. The first kappa shape index (κ1) is 15.4. The van der Waals surface area contributed by atoms with E-state index in [1.54, 1.807) is 0 Å². The molecule has 4 nitrogen and oxygen atoms in total. The first-order valence-corrected chi connectivity index (χ1v) is 5.86. The van der Waals surface area contributed by atoms with Crippen molar-refractivity contribution in [2.45, 2.75) is 19.4 Å². The van der Waals surface area contributed by atoms with Crippen molar-refractivity contribution in [3.8, 4) is 0 Å². The molecule has 0 aliphatic heterocycles. The third kappa shape index (κ3) is 3.64. The Hall–Kier alpha value is -1.69. The minimum absolute atomic E-state index is 0.00551. The van der Waals surface area contributed by atoms with Gasteiger partial charge in [-0.1, -0.05) is 6.92 Å². The molecule has 6 heteroatoms. The molecular formula is C13H17F2NO3. The molecule has 1 aromatic rings. The summed E-state index contributed by atoms with van der Waals surface area (Å²) in [6.45, 7) is 2.27. The molecule has 0 aliphatic rings. The highest BCUT2D eigenvalue weighted by Gasteiger charge is 2.20. The maximum absolute atomic E-state index is 13.8. The highest BCUT2D eigenvalue weighted by molar-refractivity contribution is 5.90. The predicted octanol–water partition coefficient (Wildman–Crippen LogP) is 2.59. The average Bonchev–Trinajstić information content (AvgIpc) is 2.42. The Kier molecular flexibility index (Phi) is 5.69. The van der Waals surface area contributed by atoms with E-state index in [-0.39, 0.29) is 11.7 Å². The van der Waals surface area contributed by atoms with Gasteiger partial charge in [0, 0.05) is 13.2 Å². The van der Waals surface area contributed by atoms with Gasteiger partial charge in [0.25, 0.3) is 0 Å². The Morgan fingerprint density at radius 2 is 2.00 bits per heavy atom. The minimum atomic E-state index is -1.22. The van der Waals surface area contributed by atoms with Gasteiger partial charge in [0.15, 0.2) is 11.6 Å². The van der Waals surface area contributed by atoms with Crippen LogP contribution in [0, 0.1) is 11.6 Å². The molecule has 0 saturated carbocycles. The maximum Gasteiger partial charge on any atom is 0.340 e. The van der Waals surface area contributed by atoms with E-state index in [1.807, 2.05) is 6.92 Å². The van der Waals surface area contributed by atoms with Crippen LogP contribution in [0.15, 0.2) is 12.1 Å². The predicted molar refractivity (Wildman–Crippen MR) is 67.3 cm³/mol. The number of rotatable bonds is 6. The molecular weight excluding hydrogens is 256 g/mol. The van der Waals surface area contributed by atoms with Crippen LogP contribution in [-0.4, -0.2) is 32.8 Å². The Morgan fingerprint density at radius 3 is 2.53 bits per heavy atom. The highest BCUT2D eigenvalue weighted by atomic mass is 19.2. The van der Waals surface area contributed by atoms with Gasteiger partial charge in [-0.25, -0.2) is 13.6 Å². The third-order valence-corrected chi connectivity index (χ3v) is 2.71. The lowest BCUT2D eigenvalue weighted by molar-refractivity contribution is 0.0594. The summed E-state index contributed by atoms with van der Waals surface area (Å²) in [5, 5.41) is 2.83. The molecule has 1 unspecified atom stereocenters. The van der Waals surface area contributed by atoms with Crippen LogP contribution in [0.3, 0.4) is 0 Å². The fourth-order valence-electron chi connectivity index (χ4n) is 1.61. The number of nitrogens with one attached hydrogen (secondary N) is 1. The molecule has 0 spiro atoms. The van der Waals surface area contributed by atoms with Crippen LogP contribution in [0.1, 0.15) is 23.7 Å². The summed E-state index contributed by atoms with van der Waals surface area (Å²) < 4.78 is 36.8. The number of hydrogen-bond donors (Lipinski definition) is 1. The van der Waals surface area contributed by atoms with Crippen molar-refractivity contribution in [3.05, 3.63) is 29.3 Å². The van der Waals surface area contributed by atoms with Crippen molar-refractivity contribution < 1.29 is 23.0 Å². The summed E-state index contributed by atoms with van der Waals surface area (Å²) in [6, 6.07) is 2.36. The molecule has 0 fully saturated rings. The fraction of sp³-hybridized carbons (Fsp3) is 0.462. The molecule has 1 rings (SSSR count). The molecule has 0 amide bonds. The SMILES string of the molecule is CCC(COC)Nc1ccc(C(=O)OC)c(F)c1F. The van der Waals surface area contributed by atoms with E-state index in [4.69, 9.17) is 4.74 Å². The largest absolute Gasteiger partial charge is 0.465 e. The Bertz CT molecular complexity index is 452. The number of esters is 1. The second-order valence-electron chi connectivity index (χ2n) is 3.99. The zero-order valence-corrected chi connectivity index (χ0v) is 11.1. The van der Waals surface area contributed by atoms with Crippen molar-refractivity contribution in [3.63, 3.8) is 0 Å². The summed E-state index contributed by atoms with van der Waals surface area (Å²) >= 11 is 0. The van der Waals surface area contributed by atoms with Crippen LogP contribution in [0.5, 0.6) is 0 Å². The molecule has 1 atom stereocenters. The van der Waals surface area contributed by atoms with Gasteiger partial charge in [-0.3, -0.25) is 0 Å². The second-order valence-corrected chi connectivity index (χ2v) is 3.99. The minimum Gasteiger partial charge on any atom is -0.465 e. The smallest absolute Gasteiger partial charge is 0.340 e. The molecule has 0 bridgehead atoms. The fourth-order valence-corrected chi connectivity index (χ4v) is 1.61. The van der Waals surface area contributed by atoms with Crippen LogP contribution in [0.4, 0.5) is 14.5 Å².